The van der Waals surface area contributed by atoms with Crippen LogP contribution in [0.5, 0.6) is 0 Å². The molecule has 0 bridgehead atoms. The van der Waals surface area contributed by atoms with Gasteiger partial charge in [-0.3, -0.25) is 14.4 Å². The highest BCUT2D eigenvalue weighted by Crippen LogP contribution is 2.24. The second-order valence-electron chi connectivity index (χ2n) is 7.01. The largest absolute Gasteiger partial charge is 0.379 e. The van der Waals surface area contributed by atoms with E-state index in [1.54, 1.807) is 0 Å². The first kappa shape index (κ1) is 22.6. The van der Waals surface area contributed by atoms with Gasteiger partial charge < -0.3 is 20.1 Å². The van der Waals surface area contributed by atoms with Crippen molar-refractivity contribution in [2.75, 3.05) is 33.0 Å². The monoisotopic (exact) mass is 374 g/mol. The van der Waals surface area contributed by atoms with E-state index in [2.05, 4.69) is 10.6 Å². The van der Waals surface area contributed by atoms with Gasteiger partial charge in [-0.2, -0.15) is 0 Å². The predicted octanol–water partition coefficient (Wildman–Crippen LogP) is 1.94. The first-order valence-electron chi connectivity index (χ1n) is 9.69. The number of rotatable bonds is 12. The molecule has 1 saturated carbocycles. The van der Waals surface area contributed by atoms with Gasteiger partial charge in [0.1, 0.15) is 0 Å². The average molecular weight is 375 g/mol. The first-order valence-corrected chi connectivity index (χ1v) is 9.69. The van der Waals surface area contributed by atoms with Crippen LogP contribution in [0.4, 0.5) is 0 Å². The molecule has 0 aromatic carbocycles. The van der Waals surface area contributed by atoms with E-state index in [1.165, 1.54) is 0 Å². The molecule has 0 aromatic heterocycles. The quantitative estimate of drug-likeness (QED) is 0.509. The topological polar surface area (TPSA) is 93.7 Å². The molecule has 7 nitrogen and oxygen atoms in total. The molecular weight excluding hydrogens is 336 g/mol. The van der Waals surface area contributed by atoms with Crippen molar-refractivity contribution in [3.8, 4) is 0 Å². The molecule has 1 fully saturated rings. The number of amides is 2. The van der Waals surface area contributed by atoms with E-state index in [1.807, 2.05) is 20.8 Å². The van der Waals surface area contributed by atoms with Gasteiger partial charge in [-0.05, 0) is 32.6 Å². The summed E-state index contributed by atoms with van der Waals surface area (Å²) >= 11 is 0. The Kier molecular flexibility index (Phi) is 11.1. The van der Waals surface area contributed by atoms with Crippen LogP contribution >= 0.6 is 0 Å². The molecule has 2 N–H and O–H groups in total. The molecule has 0 aromatic rings. The van der Waals surface area contributed by atoms with E-state index in [9.17, 15) is 14.4 Å². The van der Waals surface area contributed by atoms with Gasteiger partial charge in [-0.25, -0.2) is 0 Å². The molecule has 26 heavy (non-hydrogen) atoms. The maximum atomic E-state index is 12.1. The molecule has 0 saturated heterocycles. The molecule has 1 aliphatic carbocycles. The van der Waals surface area contributed by atoms with Crippen molar-refractivity contribution in [3.63, 3.8) is 0 Å². The Labute approximate surface area is 159 Å². The van der Waals surface area contributed by atoms with Gasteiger partial charge in [0, 0.05) is 33.8 Å². The Balaban J connectivity index is 0. The summed E-state index contributed by atoms with van der Waals surface area (Å²) in [4.78, 5) is 35.6. The molecule has 154 valence electrons. The highest BCUT2D eigenvalue weighted by molar-refractivity contribution is 5.88. The minimum atomic E-state index is -0.0654. The van der Waals surface area contributed by atoms with Gasteiger partial charge in [0.15, 0.2) is 5.78 Å². The van der Waals surface area contributed by atoms with Crippen LogP contribution in [0.25, 0.3) is 0 Å². The van der Waals surface area contributed by atoms with Crippen molar-refractivity contribution in [2.24, 2.45) is 11.8 Å². The fraction of sp³-hybridized carbons (Fsp3) is 0.842. The lowest BCUT2D eigenvalue weighted by Gasteiger charge is -2.28. The van der Waals surface area contributed by atoms with Crippen molar-refractivity contribution in [1.82, 2.24) is 10.6 Å². The summed E-state index contributed by atoms with van der Waals surface area (Å²) in [6.07, 6.45) is 3.37. The summed E-state index contributed by atoms with van der Waals surface area (Å²) in [5.41, 5.74) is 0. The maximum Gasteiger partial charge on any atom is 0.223 e. The Morgan fingerprint density at radius 2 is 1.69 bits per heavy atom. The molecule has 0 radical (unpaired) electrons. The summed E-state index contributed by atoms with van der Waals surface area (Å²) in [5.74, 6) is -0.152. The third-order valence-electron chi connectivity index (χ3n) is 4.59. The SMILES string of the molecule is CCOCCOCCC(=O)NC1CCC(C(=O)NCC(=O)C(C)C)CC1.[HH].[HH]. The standard InChI is InChI=1S/C19H34N2O5.2H2/c1-4-25-11-12-26-10-9-18(23)21-16-7-5-15(6-8-16)19(24)20-13-17(22)14(2)3;;/h14-16H,4-13H2,1-3H3,(H,20,24)(H,21,23);2*1H. The van der Waals surface area contributed by atoms with E-state index in [-0.39, 0.29) is 44.9 Å². The first-order chi connectivity index (χ1) is 12.4. The minimum Gasteiger partial charge on any atom is -0.379 e. The number of nitrogens with one attached hydrogen (secondary N) is 2. The third kappa shape index (κ3) is 9.29. The van der Waals surface area contributed by atoms with E-state index in [0.717, 1.165) is 25.7 Å². The zero-order valence-electron chi connectivity index (χ0n) is 16.3. The lowest BCUT2D eigenvalue weighted by Crippen LogP contribution is -2.42. The number of ketones is 1. The zero-order valence-corrected chi connectivity index (χ0v) is 16.3. The van der Waals surface area contributed by atoms with E-state index < -0.39 is 0 Å². The fourth-order valence-electron chi connectivity index (χ4n) is 2.85. The minimum absolute atomic E-state index is 0. The van der Waals surface area contributed by atoms with Crippen LogP contribution in [0.3, 0.4) is 0 Å². The third-order valence-corrected chi connectivity index (χ3v) is 4.59. The molecule has 1 aliphatic rings. The molecule has 0 atom stereocenters. The van der Waals surface area contributed by atoms with Gasteiger partial charge in [0.2, 0.25) is 11.8 Å². The lowest BCUT2D eigenvalue weighted by atomic mass is 9.85. The summed E-state index contributed by atoms with van der Waals surface area (Å²) in [6, 6.07) is 0.118. The van der Waals surface area contributed by atoms with Crippen LogP contribution in [-0.4, -0.2) is 56.6 Å². The average Bonchev–Trinajstić information content (AvgIpc) is 2.62. The summed E-state index contributed by atoms with van der Waals surface area (Å²) < 4.78 is 10.5. The Morgan fingerprint density at radius 1 is 1.04 bits per heavy atom. The molecule has 1 rings (SSSR count). The van der Waals surface area contributed by atoms with Gasteiger partial charge in [-0.15, -0.1) is 0 Å². The van der Waals surface area contributed by atoms with Crippen LogP contribution in [0, 0.1) is 11.8 Å². The van der Waals surface area contributed by atoms with E-state index >= 15 is 0 Å². The highest BCUT2D eigenvalue weighted by atomic mass is 16.5. The van der Waals surface area contributed by atoms with Gasteiger partial charge in [-0.1, -0.05) is 13.8 Å². The number of ether oxygens (including phenoxy) is 2. The number of carbonyl (C=O) groups is 3. The summed E-state index contributed by atoms with van der Waals surface area (Å²) in [5, 5.41) is 5.74. The second-order valence-corrected chi connectivity index (χ2v) is 7.01. The van der Waals surface area contributed by atoms with Crippen molar-refractivity contribution in [1.29, 1.82) is 0 Å². The van der Waals surface area contributed by atoms with Gasteiger partial charge in [0.05, 0.1) is 26.4 Å². The fourth-order valence-corrected chi connectivity index (χ4v) is 2.85. The van der Waals surface area contributed by atoms with Crippen molar-refractivity contribution in [2.45, 2.75) is 58.9 Å². The number of hydrogen-bond donors (Lipinski definition) is 2. The molecule has 0 heterocycles. The van der Waals surface area contributed by atoms with Crippen molar-refractivity contribution < 1.29 is 26.7 Å². The van der Waals surface area contributed by atoms with E-state index in [0.29, 0.717) is 32.8 Å². The maximum absolute atomic E-state index is 12.1. The number of hydrogen-bond acceptors (Lipinski definition) is 5. The van der Waals surface area contributed by atoms with E-state index in [4.69, 9.17) is 9.47 Å². The van der Waals surface area contributed by atoms with Crippen LogP contribution in [0.15, 0.2) is 0 Å². The van der Waals surface area contributed by atoms with Crippen LogP contribution in [0.1, 0.15) is 55.7 Å². The molecule has 0 aliphatic heterocycles. The highest BCUT2D eigenvalue weighted by Gasteiger charge is 2.27. The molecule has 0 unspecified atom stereocenters. The zero-order chi connectivity index (χ0) is 19.4. The smallest absolute Gasteiger partial charge is 0.223 e. The molecule has 7 heteroatoms. The molecular formula is C19H38N2O5. The Bertz CT molecular complexity index is 456. The summed E-state index contributed by atoms with van der Waals surface area (Å²) in [6.45, 7) is 7.79. The van der Waals surface area contributed by atoms with Gasteiger partial charge in [0.25, 0.3) is 0 Å². The van der Waals surface area contributed by atoms with Crippen LogP contribution in [0.2, 0.25) is 0 Å². The second kappa shape index (κ2) is 12.8. The number of carbonyl (C=O) groups excluding carboxylic acids is 3. The normalized spacial score (nSPS) is 20.0. The van der Waals surface area contributed by atoms with Gasteiger partial charge >= 0.3 is 0 Å². The van der Waals surface area contributed by atoms with Crippen LogP contribution < -0.4 is 10.6 Å². The Morgan fingerprint density at radius 3 is 2.31 bits per heavy atom. The molecule has 2 amide bonds. The number of Topliss-reactive ketones (excluding diaryl/α,β-unsaturated/α-hetero) is 1. The lowest BCUT2D eigenvalue weighted by molar-refractivity contribution is -0.129. The molecule has 0 spiro atoms. The summed E-state index contributed by atoms with van der Waals surface area (Å²) in [7, 11) is 0. The van der Waals surface area contributed by atoms with Crippen molar-refractivity contribution >= 4 is 17.6 Å². The van der Waals surface area contributed by atoms with Crippen LogP contribution in [-0.2, 0) is 23.9 Å². The Hall–Kier alpha value is -1.47. The predicted molar refractivity (Wildman–Crippen MR) is 103 cm³/mol. The van der Waals surface area contributed by atoms with Crippen molar-refractivity contribution in [3.05, 3.63) is 0 Å².